The quantitative estimate of drug-likeness (QED) is 0.659. The van der Waals surface area contributed by atoms with Crippen LogP contribution in [0.4, 0.5) is 14.5 Å². The fraction of sp³-hybridized carbons (Fsp3) is 0.333. The number of nitrogens with zero attached hydrogens (tertiary/aromatic N) is 1. The summed E-state index contributed by atoms with van der Waals surface area (Å²) in [4.78, 5) is 14.9. The Bertz CT molecular complexity index is 413. The van der Waals surface area contributed by atoms with Gasteiger partial charge in [0.05, 0.1) is 35.5 Å². The van der Waals surface area contributed by atoms with Gasteiger partial charge in [0, 0.05) is 6.20 Å². The Morgan fingerprint density at radius 2 is 2.31 bits per heavy atom. The van der Waals surface area contributed by atoms with Gasteiger partial charge in [-0.05, 0) is 0 Å². The maximum atomic E-state index is 12.7. The number of hydrogen-bond acceptors (Lipinski definition) is 4. The second-order valence-electron chi connectivity index (χ2n) is 2.87. The molecule has 4 nitrogen and oxygen atoms in total. The van der Waals surface area contributed by atoms with E-state index in [9.17, 15) is 13.6 Å². The summed E-state index contributed by atoms with van der Waals surface area (Å²) >= 11 is 5.47. The van der Waals surface area contributed by atoms with Crippen molar-refractivity contribution in [3.63, 3.8) is 0 Å². The lowest BCUT2D eigenvalue weighted by Crippen LogP contribution is -2.12. The number of carbonyl (C=O) groups is 1. The average molecular weight is 251 g/mol. The molecule has 0 amide bonds. The van der Waals surface area contributed by atoms with Crippen LogP contribution in [0.25, 0.3) is 0 Å². The summed E-state index contributed by atoms with van der Waals surface area (Å²) in [5, 5.41) is 0. The molecule has 0 aliphatic heterocycles. The number of nitrogens with two attached hydrogens (primary N) is 1. The van der Waals surface area contributed by atoms with Crippen LogP contribution in [-0.4, -0.2) is 18.1 Å². The molecule has 0 spiro atoms. The molecule has 1 aromatic heterocycles. The summed E-state index contributed by atoms with van der Waals surface area (Å²) in [6.45, 7) is 0. The van der Waals surface area contributed by atoms with Crippen molar-refractivity contribution in [2.24, 2.45) is 0 Å². The summed E-state index contributed by atoms with van der Waals surface area (Å²) < 4.78 is 29.8. The number of pyridine rings is 1. The van der Waals surface area contributed by atoms with Crippen LogP contribution in [0.5, 0.6) is 0 Å². The number of rotatable bonds is 3. The molecule has 0 bridgehead atoms. The minimum absolute atomic E-state index is 0.104. The van der Waals surface area contributed by atoms with Gasteiger partial charge in [0.1, 0.15) is 0 Å². The fourth-order valence-electron chi connectivity index (χ4n) is 1.20. The van der Waals surface area contributed by atoms with E-state index in [1.54, 1.807) is 0 Å². The van der Waals surface area contributed by atoms with Gasteiger partial charge in [0.15, 0.2) is 0 Å². The summed E-state index contributed by atoms with van der Waals surface area (Å²) in [6, 6.07) is 0. The highest BCUT2D eigenvalue weighted by Gasteiger charge is 2.24. The number of anilines is 1. The Balaban J connectivity index is 3.40. The van der Waals surface area contributed by atoms with Crippen LogP contribution in [-0.2, 0) is 10.6 Å². The lowest BCUT2D eigenvalue weighted by molar-refractivity contribution is 0.0589. The van der Waals surface area contributed by atoms with Gasteiger partial charge >= 0.3 is 5.97 Å². The van der Waals surface area contributed by atoms with Crippen molar-refractivity contribution in [2.45, 2.75) is 12.3 Å². The molecule has 1 rings (SSSR count). The SMILES string of the molecule is COC(=O)c1cnc(CCl)c(N)c1C(F)F. The number of esters is 1. The lowest BCUT2D eigenvalue weighted by atomic mass is 10.1. The Hall–Kier alpha value is -1.43. The van der Waals surface area contributed by atoms with E-state index < -0.39 is 18.0 Å². The normalized spacial score (nSPS) is 10.6. The number of carbonyl (C=O) groups excluding carboxylic acids is 1. The maximum Gasteiger partial charge on any atom is 0.340 e. The average Bonchev–Trinajstić information content (AvgIpc) is 2.26. The third-order valence-corrected chi connectivity index (χ3v) is 2.24. The summed E-state index contributed by atoms with van der Waals surface area (Å²) in [5.41, 5.74) is 4.37. The third-order valence-electron chi connectivity index (χ3n) is 1.99. The van der Waals surface area contributed by atoms with Gasteiger partial charge in [0.2, 0.25) is 0 Å². The zero-order valence-corrected chi connectivity index (χ0v) is 9.09. The monoisotopic (exact) mass is 250 g/mol. The highest BCUT2D eigenvalue weighted by atomic mass is 35.5. The van der Waals surface area contributed by atoms with Crippen LogP contribution < -0.4 is 5.73 Å². The minimum atomic E-state index is -2.89. The molecule has 88 valence electrons. The highest BCUT2D eigenvalue weighted by molar-refractivity contribution is 6.17. The fourth-order valence-corrected chi connectivity index (χ4v) is 1.41. The van der Waals surface area contributed by atoms with Crippen LogP contribution in [0, 0.1) is 0 Å². The van der Waals surface area contributed by atoms with Crippen molar-refractivity contribution in [3.05, 3.63) is 23.0 Å². The molecule has 16 heavy (non-hydrogen) atoms. The first-order valence-corrected chi connectivity index (χ1v) is 4.76. The van der Waals surface area contributed by atoms with Crippen LogP contribution in [0.15, 0.2) is 6.20 Å². The first kappa shape index (κ1) is 12.6. The highest BCUT2D eigenvalue weighted by Crippen LogP contribution is 2.31. The zero-order valence-electron chi connectivity index (χ0n) is 8.34. The van der Waals surface area contributed by atoms with Gasteiger partial charge in [-0.15, -0.1) is 11.6 Å². The molecule has 0 saturated carbocycles. The topological polar surface area (TPSA) is 65.2 Å². The molecule has 2 N–H and O–H groups in total. The van der Waals surface area contributed by atoms with Crippen LogP contribution in [0.1, 0.15) is 28.0 Å². The van der Waals surface area contributed by atoms with Crippen LogP contribution >= 0.6 is 11.6 Å². The number of alkyl halides is 3. The lowest BCUT2D eigenvalue weighted by Gasteiger charge is -2.11. The van der Waals surface area contributed by atoms with E-state index >= 15 is 0 Å². The first-order valence-electron chi connectivity index (χ1n) is 4.22. The van der Waals surface area contributed by atoms with Crippen molar-refractivity contribution in [1.29, 1.82) is 0 Å². The van der Waals surface area contributed by atoms with Crippen molar-refractivity contribution in [3.8, 4) is 0 Å². The number of aromatic nitrogens is 1. The van der Waals surface area contributed by atoms with Crippen molar-refractivity contribution >= 4 is 23.3 Å². The zero-order chi connectivity index (χ0) is 12.3. The third kappa shape index (κ3) is 2.21. The molecule has 0 aromatic carbocycles. The standard InChI is InChI=1S/C9H9ClF2N2O2/c1-16-9(15)4-3-14-5(2-10)7(13)6(4)8(11)12/h3,8H,2,13H2,1H3. The van der Waals surface area contributed by atoms with E-state index in [0.29, 0.717) is 0 Å². The number of hydrogen-bond donors (Lipinski definition) is 1. The molecule has 0 atom stereocenters. The molecule has 0 aliphatic carbocycles. The molecular formula is C9H9ClF2N2O2. The Kier molecular flexibility index (Phi) is 4.00. The minimum Gasteiger partial charge on any atom is -0.465 e. The van der Waals surface area contributed by atoms with Crippen LogP contribution in [0.3, 0.4) is 0 Å². The smallest absolute Gasteiger partial charge is 0.340 e. The van der Waals surface area contributed by atoms with Gasteiger partial charge < -0.3 is 10.5 Å². The van der Waals surface area contributed by atoms with Crippen molar-refractivity contribution < 1.29 is 18.3 Å². The molecule has 0 saturated heterocycles. The van der Waals surface area contributed by atoms with E-state index in [1.165, 1.54) is 0 Å². The van der Waals surface area contributed by atoms with E-state index in [-0.39, 0.29) is 22.8 Å². The summed E-state index contributed by atoms with van der Waals surface area (Å²) in [5.74, 6) is -1.01. The van der Waals surface area contributed by atoms with E-state index in [2.05, 4.69) is 9.72 Å². The number of nitrogen functional groups attached to an aromatic ring is 1. The van der Waals surface area contributed by atoms with Gasteiger partial charge in [-0.3, -0.25) is 4.98 Å². The molecule has 1 heterocycles. The largest absolute Gasteiger partial charge is 0.465 e. The molecule has 0 fully saturated rings. The molecule has 7 heteroatoms. The molecule has 1 aromatic rings. The molecule has 0 unspecified atom stereocenters. The van der Waals surface area contributed by atoms with Crippen molar-refractivity contribution in [2.75, 3.05) is 12.8 Å². The summed E-state index contributed by atoms with van der Waals surface area (Å²) in [6.07, 6.45) is -1.90. The number of methoxy groups -OCH3 is 1. The Morgan fingerprint density at radius 1 is 1.69 bits per heavy atom. The molecular weight excluding hydrogens is 242 g/mol. The first-order chi connectivity index (χ1) is 7.52. The van der Waals surface area contributed by atoms with Crippen LogP contribution in [0.2, 0.25) is 0 Å². The molecule has 0 radical (unpaired) electrons. The predicted molar refractivity (Wildman–Crippen MR) is 54.5 cm³/mol. The molecule has 0 aliphatic rings. The van der Waals surface area contributed by atoms with E-state index in [0.717, 1.165) is 13.3 Å². The number of halogens is 3. The predicted octanol–water partition coefficient (Wildman–Crippen LogP) is 2.13. The van der Waals surface area contributed by atoms with Gasteiger partial charge in [-0.1, -0.05) is 0 Å². The van der Waals surface area contributed by atoms with Gasteiger partial charge in [0.25, 0.3) is 6.43 Å². The van der Waals surface area contributed by atoms with E-state index in [1.807, 2.05) is 0 Å². The maximum absolute atomic E-state index is 12.7. The second kappa shape index (κ2) is 5.07. The van der Waals surface area contributed by atoms with Gasteiger partial charge in [-0.2, -0.15) is 0 Å². The van der Waals surface area contributed by atoms with E-state index in [4.69, 9.17) is 17.3 Å². The van der Waals surface area contributed by atoms with Crippen molar-refractivity contribution in [1.82, 2.24) is 4.98 Å². The Labute approximate surface area is 95.4 Å². The number of ether oxygens (including phenoxy) is 1. The summed E-state index contributed by atoms with van der Waals surface area (Å²) in [7, 11) is 1.09. The Morgan fingerprint density at radius 3 is 2.75 bits per heavy atom. The second-order valence-corrected chi connectivity index (χ2v) is 3.14. The van der Waals surface area contributed by atoms with Gasteiger partial charge in [-0.25, -0.2) is 13.6 Å².